The number of hydrogen-bond acceptors (Lipinski definition) is 4. The topological polar surface area (TPSA) is 88.2 Å². The Bertz CT molecular complexity index is 760. The van der Waals surface area contributed by atoms with Gasteiger partial charge in [-0.3, -0.25) is 9.78 Å². The molecule has 0 aliphatic heterocycles. The van der Waals surface area contributed by atoms with Crippen molar-refractivity contribution in [1.29, 1.82) is 0 Å². The van der Waals surface area contributed by atoms with Gasteiger partial charge in [0, 0.05) is 18.1 Å². The Labute approximate surface area is 127 Å². The normalized spacial score (nSPS) is 11.1. The molecular weight excluding hydrogens is 314 g/mol. The van der Waals surface area contributed by atoms with Gasteiger partial charge in [0.2, 0.25) is 10.0 Å². The highest BCUT2D eigenvalue weighted by molar-refractivity contribution is 7.89. The molecule has 2 rings (SSSR count). The van der Waals surface area contributed by atoms with E-state index in [0.717, 1.165) is 0 Å². The Morgan fingerprint density at radius 2 is 1.86 bits per heavy atom. The summed E-state index contributed by atoms with van der Waals surface area (Å²) in [7, 11) is -2.17. The standard InChI is InChI=1S/C13H12ClN3O3S/c1-15-21(19,20)10-4-2-9(3-5-10)17-13(18)11-8-16-7-6-12(11)14/h2-8,15H,1H3,(H,17,18). The second kappa shape index (κ2) is 6.21. The number of amides is 1. The quantitative estimate of drug-likeness (QED) is 0.898. The van der Waals surface area contributed by atoms with E-state index in [0.29, 0.717) is 5.69 Å². The number of anilines is 1. The maximum atomic E-state index is 12.0. The lowest BCUT2D eigenvalue weighted by Crippen LogP contribution is -2.18. The van der Waals surface area contributed by atoms with E-state index in [9.17, 15) is 13.2 Å². The van der Waals surface area contributed by atoms with Gasteiger partial charge in [-0.15, -0.1) is 0 Å². The zero-order valence-corrected chi connectivity index (χ0v) is 12.6. The molecule has 0 saturated carbocycles. The van der Waals surface area contributed by atoms with Crippen LogP contribution in [0.3, 0.4) is 0 Å². The van der Waals surface area contributed by atoms with Gasteiger partial charge in [0.1, 0.15) is 0 Å². The molecule has 0 fully saturated rings. The number of pyridine rings is 1. The van der Waals surface area contributed by atoms with E-state index < -0.39 is 15.9 Å². The van der Waals surface area contributed by atoms with Crippen molar-refractivity contribution in [2.24, 2.45) is 0 Å². The molecule has 110 valence electrons. The molecule has 1 amide bonds. The van der Waals surface area contributed by atoms with Gasteiger partial charge in [-0.2, -0.15) is 0 Å². The largest absolute Gasteiger partial charge is 0.322 e. The lowest BCUT2D eigenvalue weighted by Gasteiger charge is -2.07. The Balaban J connectivity index is 2.18. The van der Waals surface area contributed by atoms with E-state index in [4.69, 9.17) is 11.6 Å². The number of carbonyl (C=O) groups excluding carboxylic acids is 1. The minimum absolute atomic E-state index is 0.113. The average Bonchev–Trinajstić information content (AvgIpc) is 2.48. The molecule has 2 N–H and O–H groups in total. The van der Waals surface area contributed by atoms with Crippen LogP contribution in [-0.4, -0.2) is 26.4 Å². The van der Waals surface area contributed by atoms with Gasteiger partial charge in [-0.25, -0.2) is 13.1 Å². The lowest BCUT2D eigenvalue weighted by atomic mass is 10.2. The van der Waals surface area contributed by atoms with Crippen LogP contribution in [0.25, 0.3) is 0 Å². The molecule has 0 saturated heterocycles. The predicted octanol–water partition coefficient (Wildman–Crippen LogP) is 1.90. The van der Waals surface area contributed by atoms with E-state index in [1.54, 1.807) is 0 Å². The van der Waals surface area contributed by atoms with Crippen LogP contribution in [-0.2, 0) is 10.0 Å². The second-order valence-electron chi connectivity index (χ2n) is 4.04. The minimum atomic E-state index is -3.50. The first-order valence-corrected chi connectivity index (χ1v) is 7.74. The molecule has 1 aromatic carbocycles. The summed E-state index contributed by atoms with van der Waals surface area (Å²) >= 11 is 5.90. The van der Waals surface area contributed by atoms with E-state index in [1.165, 1.54) is 49.8 Å². The van der Waals surface area contributed by atoms with E-state index in [1.807, 2.05) is 0 Å². The molecule has 8 heteroatoms. The first-order valence-electron chi connectivity index (χ1n) is 5.88. The molecule has 0 bridgehead atoms. The Kier molecular flexibility index (Phi) is 4.56. The van der Waals surface area contributed by atoms with Crippen molar-refractivity contribution >= 4 is 33.2 Å². The van der Waals surface area contributed by atoms with E-state index >= 15 is 0 Å². The molecule has 0 aliphatic rings. The lowest BCUT2D eigenvalue weighted by molar-refractivity contribution is 0.102. The highest BCUT2D eigenvalue weighted by atomic mass is 35.5. The van der Waals surface area contributed by atoms with Gasteiger partial charge >= 0.3 is 0 Å². The van der Waals surface area contributed by atoms with Crippen molar-refractivity contribution in [3.05, 3.63) is 53.3 Å². The number of sulfonamides is 1. The fourth-order valence-electron chi connectivity index (χ4n) is 1.58. The number of aromatic nitrogens is 1. The first-order chi connectivity index (χ1) is 9.94. The molecule has 0 atom stereocenters. The number of halogens is 1. The third kappa shape index (κ3) is 3.57. The van der Waals surface area contributed by atoms with Crippen LogP contribution >= 0.6 is 11.6 Å². The van der Waals surface area contributed by atoms with Gasteiger partial charge in [0.15, 0.2) is 0 Å². The number of hydrogen-bond donors (Lipinski definition) is 2. The highest BCUT2D eigenvalue weighted by Crippen LogP contribution is 2.17. The molecule has 2 aromatic rings. The Morgan fingerprint density at radius 3 is 2.43 bits per heavy atom. The average molecular weight is 326 g/mol. The number of carbonyl (C=O) groups is 1. The van der Waals surface area contributed by atoms with Gasteiger partial charge in [0.05, 0.1) is 15.5 Å². The maximum absolute atomic E-state index is 12.0. The van der Waals surface area contributed by atoms with Crippen molar-refractivity contribution < 1.29 is 13.2 Å². The summed E-state index contributed by atoms with van der Waals surface area (Å²) in [6.07, 6.45) is 2.84. The van der Waals surface area contributed by atoms with Crippen molar-refractivity contribution in [2.75, 3.05) is 12.4 Å². The molecule has 21 heavy (non-hydrogen) atoms. The van der Waals surface area contributed by atoms with Crippen molar-refractivity contribution in [2.45, 2.75) is 4.90 Å². The van der Waals surface area contributed by atoms with Crippen LogP contribution in [0, 0.1) is 0 Å². The second-order valence-corrected chi connectivity index (χ2v) is 6.34. The van der Waals surface area contributed by atoms with Crippen molar-refractivity contribution in [3.8, 4) is 0 Å². The molecule has 1 aromatic heterocycles. The van der Waals surface area contributed by atoms with Gasteiger partial charge < -0.3 is 5.32 Å². The SMILES string of the molecule is CNS(=O)(=O)c1ccc(NC(=O)c2cnccc2Cl)cc1. The zero-order valence-electron chi connectivity index (χ0n) is 11.0. The highest BCUT2D eigenvalue weighted by Gasteiger charge is 2.13. The first kappa shape index (κ1) is 15.4. The molecular formula is C13H12ClN3O3S. The van der Waals surface area contributed by atoms with Crippen molar-refractivity contribution in [3.63, 3.8) is 0 Å². The number of rotatable bonds is 4. The van der Waals surface area contributed by atoms with Crippen LogP contribution in [0.15, 0.2) is 47.6 Å². The summed E-state index contributed by atoms with van der Waals surface area (Å²) in [6, 6.07) is 7.29. The van der Waals surface area contributed by atoms with Crippen LogP contribution in [0.1, 0.15) is 10.4 Å². The smallest absolute Gasteiger partial charge is 0.258 e. The van der Waals surface area contributed by atoms with Crippen LogP contribution < -0.4 is 10.0 Å². The fraction of sp³-hybridized carbons (Fsp3) is 0.0769. The van der Waals surface area contributed by atoms with Crippen LogP contribution in [0.2, 0.25) is 5.02 Å². The van der Waals surface area contributed by atoms with E-state index in [-0.39, 0.29) is 15.5 Å². The Morgan fingerprint density at radius 1 is 1.19 bits per heavy atom. The predicted molar refractivity (Wildman–Crippen MR) is 79.9 cm³/mol. The third-order valence-corrected chi connectivity index (χ3v) is 4.46. The summed E-state index contributed by atoms with van der Waals surface area (Å²) in [5, 5.41) is 2.91. The molecule has 0 spiro atoms. The minimum Gasteiger partial charge on any atom is -0.322 e. The molecule has 0 aliphatic carbocycles. The molecule has 0 radical (unpaired) electrons. The maximum Gasteiger partial charge on any atom is 0.258 e. The monoisotopic (exact) mass is 325 g/mol. The zero-order chi connectivity index (χ0) is 15.5. The van der Waals surface area contributed by atoms with Gasteiger partial charge in [-0.1, -0.05) is 11.6 Å². The van der Waals surface area contributed by atoms with Gasteiger partial charge in [-0.05, 0) is 37.4 Å². The number of nitrogens with one attached hydrogen (secondary N) is 2. The Hall–Kier alpha value is -1.96. The van der Waals surface area contributed by atoms with Crippen molar-refractivity contribution in [1.82, 2.24) is 9.71 Å². The molecule has 0 unspecified atom stereocenters. The fourth-order valence-corrected chi connectivity index (χ4v) is 2.50. The number of benzene rings is 1. The summed E-state index contributed by atoms with van der Waals surface area (Å²) in [4.78, 5) is 16.0. The van der Waals surface area contributed by atoms with Crippen LogP contribution in [0.4, 0.5) is 5.69 Å². The molecule has 1 heterocycles. The van der Waals surface area contributed by atoms with Gasteiger partial charge in [0.25, 0.3) is 5.91 Å². The van der Waals surface area contributed by atoms with E-state index in [2.05, 4.69) is 15.0 Å². The summed E-state index contributed by atoms with van der Waals surface area (Å²) in [6.45, 7) is 0. The summed E-state index contributed by atoms with van der Waals surface area (Å²) in [5.41, 5.74) is 0.695. The third-order valence-electron chi connectivity index (χ3n) is 2.70. The summed E-state index contributed by atoms with van der Waals surface area (Å²) in [5.74, 6) is -0.419. The molecule has 6 nitrogen and oxygen atoms in total. The number of nitrogens with zero attached hydrogens (tertiary/aromatic N) is 1. The summed E-state index contributed by atoms with van der Waals surface area (Å²) < 4.78 is 25.4. The van der Waals surface area contributed by atoms with Crippen LogP contribution in [0.5, 0.6) is 0 Å².